The van der Waals surface area contributed by atoms with Crippen molar-refractivity contribution in [3.63, 3.8) is 0 Å². The lowest BCUT2D eigenvalue weighted by molar-refractivity contribution is 0.690. The predicted molar refractivity (Wildman–Crippen MR) is 83.3 cm³/mol. The van der Waals surface area contributed by atoms with Gasteiger partial charge in [0.05, 0.1) is 0 Å². The molecule has 0 saturated carbocycles. The van der Waals surface area contributed by atoms with E-state index in [0.717, 1.165) is 30.8 Å². The molecule has 3 heteroatoms. The summed E-state index contributed by atoms with van der Waals surface area (Å²) in [6.07, 6.45) is 3.97. The van der Waals surface area contributed by atoms with Crippen molar-refractivity contribution in [2.45, 2.75) is 32.7 Å². The molecule has 1 aromatic heterocycles. The minimum Gasteiger partial charge on any atom is -0.326 e. The van der Waals surface area contributed by atoms with E-state index >= 15 is 0 Å². The third kappa shape index (κ3) is 2.18. The number of aryl methyl sites for hydroxylation is 1. The third-order valence-electron chi connectivity index (χ3n) is 4.14. The Morgan fingerprint density at radius 3 is 2.90 bits per heavy atom. The number of hydrogen-bond donors (Lipinski definition) is 1. The van der Waals surface area contributed by atoms with Crippen LogP contribution < -0.4 is 10.6 Å². The van der Waals surface area contributed by atoms with Crippen molar-refractivity contribution in [1.82, 2.24) is 4.98 Å². The van der Waals surface area contributed by atoms with Crippen LogP contribution in [0.25, 0.3) is 0 Å². The molecule has 0 aliphatic carbocycles. The first-order valence-corrected chi connectivity index (χ1v) is 7.28. The zero-order chi connectivity index (χ0) is 14.1. The number of pyridine rings is 1. The summed E-state index contributed by atoms with van der Waals surface area (Å²) in [5, 5.41) is 0. The van der Waals surface area contributed by atoms with Crippen LogP contribution in [0, 0.1) is 6.92 Å². The standard InChI is InChI=1S/C17H21N3/c1-3-15(18)14-11-19-17(10-12(14)2)20-9-8-13-6-4-5-7-16(13)20/h4-7,10-11,15H,3,8-9,18H2,1-2H3. The molecule has 2 heterocycles. The zero-order valence-corrected chi connectivity index (χ0v) is 12.1. The van der Waals surface area contributed by atoms with Gasteiger partial charge in [-0.15, -0.1) is 0 Å². The van der Waals surface area contributed by atoms with Crippen molar-refractivity contribution < 1.29 is 0 Å². The smallest absolute Gasteiger partial charge is 0.133 e. The Bertz CT molecular complexity index is 621. The summed E-state index contributed by atoms with van der Waals surface area (Å²) < 4.78 is 0. The summed E-state index contributed by atoms with van der Waals surface area (Å²) in [5.41, 5.74) is 11.2. The van der Waals surface area contributed by atoms with E-state index in [9.17, 15) is 0 Å². The maximum Gasteiger partial charge on any atom is 0.133 e. The molecule has 0 saturated heterocycles. The molecular formula is C17H21N3. The van der Waals surface area contributed by atoms with Crippen molar-refractivity contribution in [3.05, 3.63) is 53.2 Å². The number of fused-ring (bicyclic) bond motifs is 1. The fourth-order valence-corrected chi connectivity index (χ4v) is 2.88. The topological polar surface area (TPSA) is 42.1 Å². The van der Waals surface area contributed by atoms with Gasteiger partial charge < -0.3 is 10.6 Å². The molecular weight excluding hydrogens is 246 g/mol. The SMILES string of the molecule is CCC(N)c1cnc(N2CCc3ccccc32)cc1C. The Labute approximate surface area is 120 Å². The van der Waals surface area contributed by atoms with Gasteiger partial charge in [-0.2, -0.15) is 0 Å². The Balaban J connectivity index is 1.95. The van der Waals surface area contributed by atoms with E-state index in [1.807, 2.05) is 6.20 Å². The first-order chi connectivity index (χ1) is 9.70. The van der Waals surface area contributed by atoms with Crippen molar-refractivity contribution in [2.24, 2.45) is 5.73 Å². The van der Waals surface area contributed by atoms with Crippen LogP contribution in [0.5, 0.6) is 0 Å². The molecule has 3 nitrogen and oxygen atoms in total. The highest BCUT2D eigenvalue weighted by atomic mass is 15.2. The molecule has 2 N–H and O–H groups in total. The van der Waals surface area contributed by atoms with E-state index in [1.165, 1.54) is 16.8 Å². The van der Waals surface area contributed by atoms with Gasteiger partial charge in [0, 0.05) is 24.5 Å². The van der Waals surface area contributed by atoms with Gasteiger partial charge in [0.15, 0.2) is 0 Å². The summed E-state index contributed by atoms with van der Waals surface area (Å²) in [6, 6.07) is 10.8. The molecule has 20 heavy (non-hydrogen) atoms. The Hall–Kier alpha value is -1.87. The average molecular weight is 267 g/mol. The van der Waals surface area contributed by atoms with E-state index in [-0.39, 0.29) is 6.04 Å². The van der Waals surface area contributed by atoms with Gasteiger partial charge >= 0.3 is 0 Å². The van der Waals surface area contributed by atoms with Gasteiger partial charge in [0.1, 0.15) is 5.82 Å². The highest BCUT2D eigenvalue weighted by Gasteiger charge is 2.21. The number of aromatic nitrogens is 1. The van der Waals surface area contributed by atoms with Crippen molar-refractivity contribution >= 4 is 11.5 Å². The van der Waals surface area contributed by atoms with Crippen LogP contribution in [-0.4, -0.2) is 11.5 Å². The molecule has 1 atom stereocenters. The second-order valence-corrected chi connectivity index (χ2v) is 5.44. The van der Waals surface area contributed by atoms with Gasteiger partial charge in [0.25, 0.3) is 0 Å². The van der Waals surface area contributed by atoms with E-state index in [0.29, 0.717) is 0 Å². The van der Waals surface area contributed by atoms with Gasteiger partial charge in [0.2, 0.25) is 0 Å². The first-order valence-electron chi connectivity index (χ1n) is 7.28. The maximum atomic E-state index is 6.12. The monoisotopic (exact) mass is 267 g/mol. The number of nitrogens with zero attached hydrogens (tertiary/aromatic N) is 2. The van der Waals surface area contributed by atoms with Crippen molar-refractivity contribution in [3.8, 4) is 0 Å². The van der Waals surface area contributed by atoms with E-state index in [1.54, 1.807) is 0 Å². The van der Waals surface area contributed by atoms with Crippen molar-refractivity contribution in [1.29, 1.82) is 0 Å². The second-order valence-electron chi connectivity index (χ2n) is 5.44. The van der Waals surface area contributed by atoms with Crippen LogP contribution in [0.3, 0.4) is 0 Å². The molecule has 2 aromatic rings. The quantitative estimate of drug-likeness (QED) is 0.925. The van der Waals surface area contributed by atoms with Gasteiger partial charge in [-0.25, -0.2) is 4.98 Å². The number of rotatable bonds is 3. The molecule has 0 bridgehead atoms. The fraction of sp³-hybridized carbons (Fsp3) is 0.353. The highest BCUT2D eigenvalue weighted by molar-refractivity contribution is 5.67. The van der Waals surface area contributed by atoms with Crippen LogP contribution in [0.4, 0.5) is 11.5 Å². The summed E-state index contributed by atoms with van der Waals surface area (Å²) in [7, 11) is 0. The molecule has 1 aromatic carbocycles. The summed E-state index contributed by atoms with van der Waals surface area (Å²) >= 11 is 0. The summed E-state index contributed by atoms with van der Waals surface area (Å²) in [5.74, 6) is 1.03. The largest absolute Gasteiger partial charge is 0.326 e. The van der Waals surface area contributed by atoms with Gasteiger partial charge in [-0.3, -0.25) is 0 Å². The van der Waals surface area contributed by atoms with Crippen LogP contribution in [0.2, 0.25) is 0 Å². The molecule has 3 rings (SSSR count). The Morgan fingerprint density at radius 2 is 2.15 bits per heavy atom. The normalized spacial score (nSPS) is 15.2. The van der Waals surface area contributed by atoms with Crippen LogP contribution in [0.15, 0.2) is 36.5 Å². The highest BCUT2D eigenvalue weighted by Crippen LogP contribution is 2.34. The van der Waals surface area contributed by atoms with E-state index < -0.39 is 0 Å². The van der Waals surface area contributed by atoms with Gasteiger partial charge in [-0.05, 0) is 48.6 Å². The predicted octanol–water partition coefficient (Wildman–Crippen LogP) is 3.49. The molecule has 0 spiro atoms. The van der Waals surface area contributed by atoms with Crippen LogP contribution in [-0.2, 0) is 6.42 Å². The number of anilines is 2. The van der Waals surface area contributed by atoms with E-state index in [4.69, 9.17) is 5.73 Å². The number of para-hydroxylation sites is 1. The lowest BCUT2D eigenvalue weighted by atomic mass is 10.0. The van der Waals surface area contributed by atoms with Gasteiger partial charge in [-0.1, -0.05) is 25.1 Å². The molecule has 0 radical (unpaired) electrons. The summed E-state index contributed by atoms with van der Waals surface area (Å²) in [6.45, 7) is 5.23. The van der Waals surface area contributed by atoms with Crippen LogP contribution >= 0.6 is 0 Å². The number of hydrogen-bond acceptors (Lipinski definition) is 3. The van der Waals surface area contributed by atoms with Crippen LogP contribution in [0.1, 0.15) is 36.1 Å². The summed E-state index contributed by atoms with van der Waals surface area (Å²) in [4.78, 5) is 6.93. The Kier molecular flexibility index (Phi) is 3.45. The first kappa shape index (κ1) is 13.1. The average Bonchev–Trinajstić information content (AvgIpc) is 2.90. The lowest BCUT2D eigenvalue weighted by Crippen LogP contribution is -2.16. The molecule has 104 valence electrons. The Morgan fingerprint density at radius 1 is 1.35 bits per heavy atom. The molecule has 0 fully saturated rings. The molecule has 1 aliphatic rings. The van der Waals surface area contributed by atoms with E-state index in [2.05, 4.69) is 54.1 Å². The van der Waals surface area contributed by atoms with Crippen molar-refractivity contribution in [2.75, 3.05) is 11.4 Å². The lowest BCUT2D eigenvalue weighted by Gasteiger charge is -2.20. The number of benzene rings is 1. The molecule has 1 unspecified atom stereocenters. The maximum absolute atomic E-state index is 6.12. The molecule has 0 amide bonds. The molecule has 1 aliphatic heterocycles. The minimum atomic E-state index is 0.0856. The second kappa shape index (κ2) is 5.25. The zero-order valence-electron chi connectivity index (χ0n) is 12.1. The third-order valence-corrected chi connectivity index (χ3v) is 4.14. The fourth-order valence-electron chi connectivity index (χ4n) is 2.88. The number of nitrogens with two attached hydrogens (primary N) is 1. The minimum absolute atomic E-state index is 0.0856.